The summed E-state index contributed by atoms with van der Waals surface area (Å²) < 4.78 is 35.5. The molecule has 0 aromatic heterocycles. The van der Waals surface area contributed by atoms with E-state index in [0.717, 1.165) is 11.5 Å². The molecule has 2 heterocycles. The molecule has 0 N–H and O–H groups in total. The first kappa shape index (κ1) is 19.8. The van der Waals surface area contributed by atoms with E-state index < -0.39 is 8.56 Å². The van der Waals surface area contributed by atoms with E-state index in [-0.39, 0.29) is 23.7 Å². The van der Waals surface area contributed by atoms with Crippen LogP contribution in [0.5, 0.6) is 34.5 Å². The molecule has 29 heavy (non-hydrogen) atoms. The summed E-state index contributed by atoms with van der Waals surface area (Å²) in [5, 5.41) is -0.476. The van der Waals surface area contributed by atoms with Gasteiger partial charge in [-0.15, -0.1) is 0 Å². The van der Waals surface area contributed by atoms with Crippen LogP contribution in [0, 0.1) is 0 Å². The van der Waals surface area contributed by atoms with E-state index in [4.69, 9.17) is 27.8 Å². The first-order valence-corrected chi connectivity index (χ1v) is 11.6. The third-order valence-electron chi connectivity index (χ3n) is 5.19. The highest BCUT2D eigenvalue weighted by Crippen LogP contribution is 2.53. The molecule has 0 saturated heterocycles. The average Bonchev–Trinajstić information content (AvgIpc) is 3.27. The second-order valence-corrected chi connectivity index (χ2v) is 14.0. The highest BCUT2D eigenvalue weighted by Gasteiger charge is 2.62. The van der Waals surface area contributed by atoms with E-state index in [1.165, 1.54) is 0 Å². The van der Waals surface area contributed by atoms with Gasteiger partial charge in [-0.1, -0.05) is 41.5 Å². The molecule has 0 fully saturated rings. The summed E-state index contributed by atoms with van der Waals surface area (Å²) >= 11 is 0. The summed E-state index contributed by atoms with van der Waals surface area (Å²) in [6.07, 6.45) is 0. The first-order valence-electron chi connectivity index (χ1n) is 9.76. The molecule has 0 aliphatic carbocycles. The molecule has 2 aliphatic heterocycles. The molecular formula is C22H28O6Si. The first-order chi connectivity index (χ1) is 13.6. The Bertz CT molecular complexity index is 837. The zero-order chi connectivity index (χ0) is 20.9. The lowest BCUT2D eigenvalue weighted by Gasteiger charge is -2.48. The summed E-state index contributed by atoms with van der Waals surface area (Å²) in [6.45, 7) is 13.5. The van der Waals surface area contributed by atoms with E-state index >= 15 is 0 Å². The van der Waals surface area contributed by atoms with Crippen LogP contribution in [0.3, 0.4) is 0 Å². The average molecular weight is 417 g/mol. The Balaban J connectivity index is 1.74. The lowest BCUT2D eigenvalue weighted by Crippen LogP contribution is -2.62. The van der Waals surface area contributed by atoms with Crippen molar-refractivity contribution in [2.45, 2.75) is 51.6 Å². The van der Waals surface area contributed by atoms with E-state index in [1.54, 1.807) is 0 Å². The SMILES string of the molecule is CC(C)(C)[Si](Oc1ccc2c(c1)OCO2)(Oc1ccc2c(c1)OCO2)C(C)(C)C. The lowest BCUT2D eigenvalue weighted by molar-refractivity contribution is 0.173. The highest BCUT2D eigenvalue weighted by atomic mass is 28.4. The van der Waals surface area contributed by atoms with Crippen LogP contribution < -0.4 is 27.8 Å². The zero-order valence-corrected chi connectivity index (χ0v) is 18.8. The summed E-state index contributed by atoms with van der Waals surface area (Å²) in [5.41, 5.74) is 0. The quantitative estimate of drug-likeness (QED) is 0.601. The third-order valence-corrected chi connectivity index (χ3v) is 10.2. The molecule has 7 heteroatoms. The highest BCUT2D eigenvalue weighted by molar-refractivity contribution is 6.74. The Labute approximate surface area is 172 Å². The number of benzene rings is 2. The van der Waals surface area contributed by atoms with Crippen LogP contribution in [-0.4, -0.2) is 22.1 Å². The van der Waals surface area contributed by atoms with Gasteiger partial charge in [0, 0.05) is 22.2 Å². The molecular weight excluding hydrogens is 388 g/mol. The second-order valence-electron chi connectivity index (χ2n) is 9.35. The Morgan fingerprint density at radius 2 is 1.00 bits per heavy atom. The minimum Gasteiger partial charge on any atom is -0.511 e. The minimum atomic E-state index is -2.94. The van der Waals surface area contributed by atoms with Gasteiger partial charge in [-0.25, -0.2) is 0 Å². The smallest absolute Gasteiger partial charge is 0.471 e. The van der Waals surface area contributed by atoms with Gasteiger partial charge in [0.25, 0.3) is 0 Å². The van der Waals surface area contributed by atoms with Gasteiger partial charge in [0.15, 0.2) is 23.0 Å². The van der Waals surface area contributed by atoms with Gasteiger partial charge in [0.2, 0.25) is 13.6 Å². The van der Waals surface area contributed by atoms with Crippen LogP contribution in [0.25, 0.3) is 0 Å². The molecule has 0 amide bonds. The van der Waals surface area contributed by atoms with E-state index in [9.17, 15) is 0 Å². The predicted octanol–water partition coefficient (Wildman–Crippen LogP) is 5.64. The van der Waals surface area contributed by atoms with Crippen molar-refractivity contribution in [1.82, 2.24) is 0 Å². The molecule has 0 radical (unpaired) electrons. The maximum Gasteiger partial charge on any atom is 0.471 e. The molecule has 0 spiro atoms. The van der Waals surface area contributed by atoms with Crippen molar-refractivity contribution in [3.05, 3.63) is 36.4 Å². The summed E-state index contributed by atoms with van der Waals surface area (Å²) in [7, 11) is -2.94. The van der Waals surface area contributed by atoms with Crippen molar-refractivity contribution in [1.29, 1.82) is 0 Å². The van der Waals surface area contributed by atoms with Crippen LogP contribution in [0.4, 0.5) is 0 Å². The summed E-state index contributed by atoms with van der Waals surface area (Å²) in [5.74, 6) is 4.27. The molecule has 156 valence electrons. The molecule has 0 atom stereocenters. The molecule has 2 aliphatic rings. The fourth-order valence-electron chi connectivity index (χ4n) is 3.97. The van der Waals surface area contributed by atoms with Crippen molar-refractivity contribution in [2.24, 2.45) is 0 Å². The van der Waals surface area contributed by atoms with Crippen LogP contribution in [-0.2, 0) is 0 Å². The van der Waals surface area contributed by atoms with Crippen molar-refractivity contribution in [3.8, 4) is 34.5 Å². The summed E-state index contributed by atoms with van der Waals surface area (Å²) in [4.78, 5) is 0. The fourth-order valence-corrected chi connectivity index (χ4v) is 8.41. The van der Waals surface area contributed by atoms with Crippen LogP contribution in [0.1, 0.15) is 41.5 Å². The molecule has 0 unspecified atom stereocenters. The van der Waals surface area contributed by atoms with Crippen LogP contribution in [0.15, 0.2) is 36.4 Å². The largest absolute Gasteiger partial charge is 0.511 e. The second kappa shape index (κ2) is 6.76. The van der Waals surface area contributed by atoms with Gasteiger partial charge in [-0.2, -0.15) is 0 Å². The van der Waals surface area contributed by atoms with Crippen LogP contribution >= 0.6 is 0 Å². The van der Waals surface area contributed by atoms with Gasteiger partial charge in [0.1, 0.15) is 11.5 Å². The normalized spacial score (nSPS) is 15.4. The van der Waals surface area contributed by atoms with E-state index in [0.29, 0.717) is 23.0 Å². The van der Waals surface area contributed by atoms with E-state index in [2.05, 4.69) is 41.5 Å². The fraction of sp³-hybridized carbons (Fsp3) is 0.455. The Morgan fingerprint density at radius 3 is 1.38 bits per heavy atom. The number of hydrogen-bond donors (Lipinski definition) is 0. The molecule has 0 saturated carbocycles. The monoisotopic (exact) mass is 416 g/mol. The van der Waals surface area contributed by atoms with Crippen molar-refractivity contribution in [2.75, 3.05) is 13.6 Å². The minimum absolute atomic E-state index is 0.230. The number of fused-ring (bicyclic) bond motifs is 2. The van der Waals surface area contributed by atoms with E-state index in [1.807, 2.05) is 36.4 Å². The molecule has 0 bridgehead atoms. The van der Waals surface area contributed by atoms with Crippen LogP contribution in [0.2, 0.25) is 10.1 Å². The molecule has 6 nitrogen and oxygen atoms in total. The van der Waals surface area contributed by atoms with Gasteiger partial charge < -0.3 is 27.8 Å². The number of rotatable bonds is 4. The Kier molecular flexibility index (Phi) is 4.61. The maximum atomic E-state index is 6.79. The maximum absolute atomic E-state index is 6.79. The van der Waals surface area contributed by atoms with Crippen molar-refractivity contribution in [3.63, 3.8) is 0 Å². The third kappa shape index (κ3) is 3.48. The zero-order valence-electron chi connectivity index (χ0n) is 17.8. The summed E-state index contributed by atoms with van der Waals surface area (Å²) in [6, 6.07) is 11.3. The Morgan fingerprint density at radius 1 is 0.621 bits per heavy atom. The topological polar surface area (TPSA) is 55.4 Å². The number of hydrogen-bond acceptors (Lipinski definition) is 6. The van der Waals surface area contributed by atoms with Gasteiger partial charge in [0.05, 0.1) is 0 Å². The van der Waals surface area contributed by atoms with Gasteiger partial charge in [-0.05, 0) is 24.3 Å². The van der Waals surface area contributed by atoms with Gasteiger partial charge in [-0.3, -0.25) is 0 Å². The molecule has 2 aromatic carbocycles. The lowest BCUT2D eigenvalue weighted by atomic mass is 10.2. The Hall–Kier alpha value is -2.54. The molecule has 4 rings (SSSR count). The van der Waals surface area contributed by atoms with Crippen molar-refractivity contribution < 1.29 is 27.8 Å². The standard InChI is InChI=1S/C22H28O6Si/c1-21(2,3)29(22(4,5)6,27-15-7-9-17-19(11-15)25-13-23-17)28-16-8-10-18-20(12-16)26-14-24-18/h7-12H,13-14H2,1-6H3. The predicted molar refractivity (Wildman–Crippen MR) is 112 cm³/mol. The van der Waals surface area contributed by atoms with Crippen molar-refractivity contribution >= 4 is 8.56 Å². The van der Waals surface area contributed by atoms with Gasteiger partial charge >= 0.3 is 8.56 Å². The number of ether oxygens (including phenoxy) is 4. The molecule has 2 aromatic rings.